The first-order chi connectivity index (χ1) is 9.91. The van der Waals surface area contributed by atoms with Gasteiger partial charge in [0.1, 0.15) is 6.54 Å². The van der Waals surface area contributed by atoms with E-state index in [1.807, 2.05) is 45.0 Å². The summed E-state index contributed by atoms with van der Waals surface area (Å²) in [6.45, 7) is 13.7. The summed E-state index contributed by atoms with van der Waals surface area (Å²) in [5.41, 5.74) is 1.67. The minimum absolute atomic E-state index is 0.0554. The second-order valence-corrected chi connectivity index (χ2v) is 7.65. The lowest BCUT2D eigenvalue weighted by atomic mass is 9.87. The van der Waals surface area contributed by atoms with Crippen LogP contribution in [0.4, 0.5) is 5.69 Å². The highest BCUT2D eigenvalue weighted by atomic mass is 16.2. The van der Waals surface area contributed by atoms with Crippen LogP contribution in [0.1, 0.15) is 54.0 Å². The predicted molar refractivity (Wildman–Crippen MR) is 90.9 cm³/mol. The Balaban J connectivity index is 2.75. The quantitative estimate of drug-likeness (QED) is 0.928. The zero-order valence-corrected chi connectivity index (χ0v) is 14.8. The van der Waals surface area contributed by atoms with Crippen molar-refractivity contribution >= 4 is 17.5 Å². The minimum Gasteiger partial charge on any atom is -0.329 e. The van der Waals surface area contributed by atoms with Crippen molar-refractivity contribution < 1.29 is 9.59 Å². The van der Waals surface area contributed by atoms with E-state index in [4.69, 9.17) is 0 Å². The van der Waals surface area contributed by atoms with E-state index >= 15 is 0 Å². The third-order valence-electron chi connectivity index (χ3n) is 3.53. The van der Waals surface area contributed by atoms with Gasteiger partial charge in [-0.2, -0.15) is 0 Å². The van der Waals surface area contributed by atoms with Crippen LogP contribution in [0.3, 0.4) is 0 Å². The molecule has 22 heavy (non-hydrogen) atoms. The van der Waals surface area contributed by atoms with E-state index in [-0.39, 0.29) is 29.3 Å². The second kappa shape index (κ2) is 6.51. The molecule has 0 fully saturated rings. The summed E-state index contributed by atoms with van der Waals surface area (Å²) in [6.07, 6.45) is 0. The van der Waals surface area contributed by atoms with E-state index in [0.717, 1.165) is 5.69 Å². The van der Waals surface area contributed by atoms with Gasteiger partial charge in [-0.3, -0.25) is 9.59 Å². The van der Waals surface area contributed by atoms with Gasteiger partial charge >= 0.3 is 0 Å². The van der Waals surface area contributed by atoms with Crippen LogP contribution in [0.2, 0.25) is 0 Å². The van der Waals surface area contributed by atoms with E-state index in [1.54, 1.807) is 4.90 Å². The molecule has 2 amide bonds. The molecule has 0 aliphatic heterocycles. The minimum atomic E-state index is -0.376. The van der Waals surface area contributed by atoms with Crippen molar-refractivity contribution in [2.75, 3.05) is 11.9 Å². The fourth-order valence-electron chi connectivity index (χ4n) is 2.22. The number of anilines is 1. The fourth-order valence-corrected chi connectivity index (χ4v) is 2.22. The van der Waals surface area contributed by atoms with E-state index in [0.29, 0.717) is 0 Å². The Hall–Kier alpha value is -1.84. The van der Waals surface area contributed by atoms with Crippen molar-refractivity contribution in [3.8, 4) is 0 Å². The summed E-state index contributed by atoms with van der Waals surface area (Å²) < 4.78 is 0. The van der Waals surface area contributed by atoms with Crippen molar-refractivity contribution in [2.45, 2.75) is 59.4 Å². The summed E-state index contributed by atoms with van der Waals surface area (Å²) in [5, 5.41) is 2.85. The van der Waals surface area contributed by atoms with Gasteiger partial charge in [0.2, 0.25) is 11.8 Å². The van der Waals surface area contributed by atoms with Crippen LogP contribution in [0.25, 0.3) is 0 Å². The van der Waals surface area contributed by atoms with Gasteiger partial charge in [0.25, 0.3) is 0 Å². The number of nitrogens with zero attached hydrogens (tertiary/aromatic N) is 1. The molecule has 0 unspecified atom stereocenters. The van der Waals surface area contributed by atoms with Crippen LogP contribution in [0, 0.1) is 0 Å². The van der Waals surface area contributed by atoms with Crippen LogP contribution in [-0.2, 0) is 15.0 Å². The lowest BCUT2D eigenvalue weighted by Crippen LogP contribution is -2.48. The van der Waals surface area contributed by atoms with Gasteiger partial charge in [-0.15, -0.1) is 0 Å². The molecule has 122 valence electrons. The summed E-state index contributed by atoms with van der Waals surface area (Å²) in [5.74, 6) is -0.292. The molecule has 0 saturated heterocycles. The number of hydrogen-bond acceptors (Lipinski definition) is 2. The zero-order chi connectivity index (χ0) is 17.1. The lowest BCUT2D eigenvalue weighted by Gasteiger charge is -2.34. The average molecular weight is 304 g/mol. The molecule has 1 aromatic carbocycles. The Kier molecular flexibility index (Phi) is 5.39. The molecule has 0 aliphatic carbocycles. The van der Waals surface area contributed by atoms with Gasteiger partial charge in [0.15, 0.2) is 0 Å². The monoisotopic (exact) mass is 304 g/mol. The first kappa shape index (κ1) is 18.2. The number of amides is 2. The van der Waals surface area contributed by atoms with Crippen LogP contribution >= 0.6 is 0 Å². The van der Waals surface area contributed by atoms with Gasteiger partial charge in [0, 0.05) is 18.2 Å². The Labute approximate surface area is 133 Å². The highest BCUT2D eigenvalue weighted by Crippen LogP contribution is 2.23. The van der Waals surface area contributed by atoms with E-state index in [9.17, 15) is 9.59 Å². The SMILES string of the molecule is CC(=O)N(CC(=O)Nc1ccc(C(C)(C)C)cc1)C(C)(C)C. The molecule has 1 aromatic rings. The van der Waals surface area contributed by atoms with Crippen LogP contribution in [-0.4, -0.2) is 28.8 Å². The third-order valence-corrected chi connectivity index (χ3v) is 3.53. The zero-order valence-electron chi connectivity index (χ0n) is 14.8. The molecule has 0 saturated carbocycles. The van der Waals surface area contributed by atoms with Crippen LogP contribution < -0.4 is 5.32 Å². The Morgan fingerprint density at radius 2 is 1.50 bits per heavy atom. The number of rotatable bonds is 3. The summed E-state index contributed by atoms with van der Waals surface area (Å²) >= 11 is 0. The molecule has 4 heteroatoms. The number of carbonyl (C=O) groups excluding carboxylic acids is 2. The molecule has 4 nitrogen and oxygen atoms in total. The molecule has 0 spiro atoms. The maximum absolute atomic E-state index is 12.2. The lowest BCUT2D eigenvalue weighted by molar-refractivity contribution is -0.137. The van der Waals surface area contributed by atoms with Gasteiger partial charge in [-0.25, -0.2) is 0 Å². The van der Waals surface area contributed by atoms with E-state index < -0.39 is 0 Å². The van der Waals surface area contributed by atoms with E-state index in [1.165, 1.54) is 12.5 Å². The molecule has 0 radical (unpaired) electrons. The molecular weight excluding hydrogens is 276 g/mol. The smallest absolute Gasteiger partial charge is 0.244 e. The number of benzene rings is 1. The first-order valence-electron chi connectivity index (χ1n) is 7.60. The molecule has 0 aliphatic rings. The van der Waals surface area contributed by atoms with Crippen molar-refractivity contribution in [3.05, 3.63) is 29.8 Å². The first-order valence-corrected chi connectivity index (χ1v) is 7.60. The average Bonchev–Trinajstić information content (AvgIpc) is 2.33. The van der Waals surface area contributed by atoms with Crippen LogP contribution in [0.15, 0.2) is 24.3 Å². The molecule has 0 heterocycles. The van der Waals surface area contributed by atoms with Crippen LogP contribution in [0.5, 0.6) is 0 Å². The number of hydrogen-bond donors (Lipinski definition) is 1. The van der Waals surface area contributed by atoms with E-state index in [2.05, 4.69) is 26.1 Å². The topological polar surface area (TPSA) is 49.4 Å². The molecule has 0 atom stereocenters. The highest BCUT2D eigenvalue weighted by Gasteiger charge is 2.25. The normalized spacial score (nSPS) is 12.0. The van der Waals surface area contributed by atoms with Crippen molar-refractivity contribution in [1.82, 2.24) is 4.90 Å². The molecule has 0 aromatic heterocycles. The maximum atomic E-state index is 12.2. The molecular formula is C18H28N2O2. The standard InChI is InChI=1S/C18H28N2O2/c1-13(21)20(18(5,6)7)12-16(22)19-15-10-8-14(9-11-15)17(2,3)4/h8-11H,12H2,1-7H3,(H,19,22). The molecule has 1 rings (SSSR count). The second-order valence-electron chi connectivity index (χ2n) is 7.65. The number of carbonyl (C=O) groups is 2. The largest absolute Gasteiger partial charge is 0.329 e. The van der Waals surface area contributed by atoms with Crippen molar-refractivity contribution in [2.24, 2.45) is 0 Å². The highest BCUT2D eigenvalue weighted by molar-refractivity contribution is 5.94. The third kappa shape index (κ3) is 5.17. The predicted octanol–water partition coefficient (Wildman–Crippen LogP) is 3.57. The van der Waals surface area contributed by atoms with Gasteiger partial charge in [-0.05, 0) is 43.9 Å². The van der Waals surface area contributed by atoms with Gasteiger partial charge < -0.3 is 10.2 Å². The Bertz CT molecular complexity index is 534. The molecule has 0 bridgehead atoms. The van der Waals surface area contributed by atoms with Gasteiger partial charge in [-0.1, -0.05) is 32.9 Å². The Morgan fingerprint density at radius 1 is 1.00 bits per heavy atom. The molecule has 1 N–H and O–H groups in total. The van der Waals surface area contributed by atoms with Crippen molar-refractivity contribution in [1.29, 1.82) is 0 Å². The summed E-state index contributed by atoms with van der Waals surface area (Å²) in [4.78, 5) is 25.4. The number of nitrogens with one attached hydrogen (secondary N) is 1. The van der Waals surface area contributed by atoms with Gasteiger partial charge in [0.05, 0.1) is 0 Å². The van der Waals surface area contributed by atoms with Crippen molar-refractivity contribution in [3.63, 3.8) is 0 Å². The summed E-state index contributed by atoms with van der Waals surface area (Å²) in [7, 11) is 0. The Morgan fingerprint density at radius 3 is 1.86 bits per heavy atom. The summed E-state index contributed by atoms with van der Waals surface area (Å²) in [6, 6.07) is 7.82. The maximum Gasteiger partial charge on any atom is 0.244 e. The fraction of sp³-hybridized carbons (Fsp3) is 0.556.